The van der Waals surface area contributed by atoms with Crippen LogP contribution in [0.1, 0.15) is 10.5 Å². The summed E-state index contributed by atoms with van der Waals surface area (Å²) in [5.74, 6) is -0.369. The first-order valence-electron chi connectivity index (χ1n) is 5.96. The van der Waals surface area contributed by atoms with Crippen molar-refractivity contribution < 1.29 is 14.3 Å². The number of aryl methyl sites for hydroxylation is 1. The molecule has 6 nitrogen and oxygen atoms in total. The molecule has 1 aliphatic rings. The Labute approximate surface area is 119 Å². The molecule has 7 heteroatoms. The van der Waals surface area contributed by atoms with Gasteiger partial charge >= 0.3 is 0 Å². The van der Waals surface area contributed by atoms with Gasteiger partial charge in [-0.1, -0.05) is 0 Å². The summed E-state index contributed by atoms with van der Waals surface area (Å²) in [5, 5.41) is 2.56. The lowest BCUT2D eigenvalue weighted by Gasteiger charge is -2.34. The number of carbonyl (C=O) groups is 2. The van der Waals surface area contributed by atoms with Gasteiger partial charge in [0.05, 0.1) is 13.2 Å². The van der Waals surface area contributed by atoms with Crippen molar-refractivity contribution in [3.05, 3.63) is 22.4 Å². The summed E-state index contributed by atoms with van der Waals surface area (Å²) in [6.07, 6.45) is 1.81. The average molecular weight is 330 g/mol. The van der Waals surface area contributed by atoms with Crippen LogP contribution in [0, 0.1) is 0 Å². The van der Waals surface area contributed by atoms with Crippen LogP contribution in [0.2, 0.25) is 0 Å². The highest BCUT2D eigenvalue weighted by Crippen LogP contribution is 2.18. The maximum Gasteiger partial charge on any atom is 0.271 e. The summed E-state index contributed by atoms with van der Waals surface area (Å²) < 4.78 is 7.86. The Balaban J connectivity index is 2.25. The molecular weight excluding hydrogens is 314 g/mol. The number of rotatable bonds is 2. The van der Waals surface area contributed by atoms with Gasteiger partial charge in [-0.2, -0.15) is 0 Å². The highest BCUT2D eigenvalue weighted by molar-refractivity contribution is 9.10. The lowest BCUT2D eigenvalue weighted by atomic mass is 10.2. The van der Waals surface area contributed by atoms with Crippen LogP contribution in [0.3, 0.4) is 0 Å². The van der Waals surface area contributed by atoms with E-state index in [1.807, 2.05) is 6.20 Å². The lowest BCUT2D eigenvalue weighted by molar-refractivity contribution is -0.130. The Bertz CT molecular complexity index is 500. The minimum atomic E-state index is -0.570. The molecule has 104 valence electrons. The molecule has 1 atom stereocenters. The third-order valence-electron chi connectivity index (χ3n) is 3.13. The predicted octanol–water partition coefficient (Wildman–Crippen LogP) is 0.375. The molecule has 1 unspecified atom stereocenters. The first-order chi connectivity index (χ1) is 9.04. The number of amides is 2. The largest absolute Gasteiger partial charge is 0.377 e. The zero-order valence-electron chi connectivity index (χ0n) is 10.9. The minimum absolute atomic E-state index is 0.162. The maximum atomic E-state index is 12.5. The van der Waals surface area contributed by atoms with Crippen molar-refractivity contribution in [2.24, 2.45) is 7.05 Å². The molecule has 0 aromatic carbocycles. The number of carbonyl (C=O) groups excluding carboxylic acids is 2. The standard InChI is InChI=1S/C12H16BrN3O3/c1-14-11(17)10-7-19-4-3-16(10)12(18)9-5-8(13)6-15(9)2/h5-6,10H,3-4,7H2,1-2H3,(H,14,17). The van der Waals surface area contributed by atoms with Gasteiger partial charge in [0.25, 0.3) is 5.91 Å². The smallest absolute Gasteiger partial charge is 0.271 e. The molecule has 1 aromatic rings. The van der Waals surface area contributed by atoms with E-state index >= 15 is 0 Å². The predicted molar refractivity (Wildman–Crippen MR) is 72.8 cm³/mol. The zero-order chi connectivity index (χ0) is 14.0. The maximum absolute atomic E-state index is 12.5. The molecule has 19 heavy (non-hydrogen) atoms. The second-order valence-electron chi connectivity index (χ2n) is 4.36. The van der Waals surface area contributed by atoms with Gasteiger partial charge in [-0.25, -0.2) is 0 Å². The molecule has 2 heterocycles. The molecule has 1 aromatic heterocycles. The summed E-state index contributed by atoms with van der Waals surface area (Å²) >= 11 is 3.34. The van der Waals surface area contributed by atoms with E-state index in [0.29, 0.717) is 18.8 Å². The van der Waals surface area contributed by atoms with E-state index in [2.05, 4.69) is 21.2 Å². The van der Waals surface area contributed by atoms with E-state index in [4.69, 9.17) is 4.74 Å². The SMILES string of the molecule is CNC(=O)C1COCCN1C(=O)c1cc(Br)cn1C. The van der Waals surface area contributed by atoms with E-state index in [9.17, 15) is 9.59 Å². The van der Waals surface area contributed by atoms with Gasteiger partial charge < -0.3 is 19.5 Å². The van der Waals surface area contributed by atoms with E-state index in [1.54, 1.807) is 29.6 Å². The van der Waals surface area contributed by atoms with Gasteiger partial charge in [0.1, 0.15) is 11.7 Å². The molecule has 0 spiro atoms. The number of hydrogen-bond donors (Lipinski definition) is 1. The monoisotopic (exact) mass is 329 g/mol. The van der Waals surface area contributed by atoms with Crippen molar-refractivity contribution in [2.45, 2.75) is 6.04 Å². The molecule has 0 bridgehead atoms. The second kappa shape index (κ2) is 5.75. The summed E-state index contributed by atoms with van der Waals surface area (Å²) in [4.78, 5) is 25.9. The normalized spacial score (nSPS) is 19.3. The fourth-order valence-corrected chi connectivity index (χ4v) is 2.64. The number of halogens is 1. The third-order valence-corrected chi connectivity index (χ3v) is 3.56. The Morgan fingerprint density at radius 1 is 1.53 bits per heavy atom. The van der Waals surface area contributed by atoms with Gasteiger partial charge in [-0.15, -0.1) is 0 Å². The van der Waals surface area contributed by atoms with Crippen molar-refractivity contribution in [3.8, 4) is 0 Å². The number of ether oxygens (including phenoxy) is 1. The number of likely N-dealkylation sites (N-methyl/N-ethyl adjacent to an activating group) is 1. The molecule has 0 aliphatic carbocycles. The van der Waals surface area contributed by atoms with E-state index in [0.717, 1.165) is 4.47 Å². The van der Waals surface area contributed by atoms with Crippen molar-refractivity contribution in [3.63, 3.8) is 0 Å². The summed E-state index contributed by atoms with van der Waals surface area (Å²) in [6.45, 7) is 1.10. The number of nitrogens with zero attached hydrogens (tertiary/aromatic N) is 2. The Morgan fingerprint density at radius 3 is 2.84 bits per heavy atom. The van der Waals surface area contributed by atoms with Crippen molar-refractivity contribution in [1.82, 2.24) is 14.8 Å². The highest BCUT2D eigenvalue weighted by Gasteiger charge is 2.33. The van der Waals surface area contributed by atoms with Gasteiger partial charge in [0, 0.05) is 31.3 Å². The molecule has 0 saturated carbocycles. The van der Waals surface area contributed by atoms with E-state index in [1.165, 1.54) is 0 Å². The summed E-state index contributed by atoms with van der Waals surface area (Å²) in [7, 11) is 3.35. The Kier molecular flexibility index (Phi) is 4.26. The summed E-state index contributed by atoms with van der Waals surface area (Å²) in [5.41, 5.74) is 0.544. The van der Waals surface area contributed by atoms with Crippen LogP contribution >= 0.6 is 15.9 Å². The topological polar surface area (TPSA) is 63.6 Å². The number of nitrogens with one attached hydrogen (secondary N) is 1. The van der Waals surface area contributed by atoms with Crippen LogP contribution in [-0.4, -0.2) is 54.1 Å². The molecule has 1 N–H and O–H groups in total. The van der Waals surface area contributed by atoms with Crippen LogP contribution in [0.15, 0.2) is 16.7 Å². The zero-order valence-corrected chi connectivity index (χ0v) is 12.4. The quantitative estimate of drug-likeness (QED) is 0.852. The summed E-state index contributed by atoms with van der Waals surface area (Å²) in [6, 6.07) is 1.18. The van der Waals surface area contributed by atoms with Crippen LogP contribution < -0.4 is 5.32 Å². The fraction of sp³-hybridized carbons (Fsp3) is 0.500. The van der Waals surface area contributed by atoms with Crippen LogP contribution in [0.25, 0.3) is 0 Å². The lowest BCUT2D eigenvalue weighted by Crippen LogP contribution is -2.55. The van der Waals surface area contributed by atoms with Crippen LogP contribution in [0.5, 0.6) is 0 Å². The Morgan fingerprint density at radius 2 is 2.26 bits per heavy atom. The number of morpholine rings is 1. The number of aromatic nitrogens is 1. The fourth-order valence-electron chi connectivity index (χ4n) is 2.11. The molecule has 1 aliphatic heterocycles. The van der Waals surface area contributed by atoms with Gasteiger partial charge in [0.15, 0.2) is 0 Å². The molecule has 1 fully saturated rings. The third kappa shape index (κ3) is 2.82. The Hall–Kier alpha value is -1.34. The second-order valence-corrected chi connectivity index (χ2v) is 5.27. The molecule has 2 amide bonds. The molecular formula is C12H16BrN3O3. The van der Waals surface area contributed by atoms with Crippen molar-refractivity contribution >= 4 is 27.7 Å². The molecule has 0 radical (unpaired) electrons. The number of hydrogen-bond acceptors (Lipinski definition) is 3. The van der Waals surface area contributed by atoms with E-state index < -0.39 is 6.04 Å². The van der Waals surface area contributed by atoms with E-state index in [-0.39, 0.29) is 18.4 Å². The van der Waals surface area contributed by atoms with Crippen molar-refractivity contribution in [1.29, 1.82) is 0 Å². The van der Waals surface area contributed by atoms with Gasteiger partial charge in [-0.05, 0) is 22.0 Å². The highest BCUT2D eigenvalue weighted by atomic mass is 79.9. The molecule has 2 rings (SSSR count). The van der Waals surface area contributed by atoms with Crippen LogP contribution in [-0.2, 0) is 16.6 Å². The van der Waals surface area contributed by atoms with Crippen molar-refractivity contribution in [2.75, 3.05) is 26.8 Å². The average Bonchev–Trinajstić information content (AvgIpc) is 2.76. The van der Waals surface area contributed by atoms with Gasteiger partial charge in [-0.3, -0.25) is 9.59 Å². The minimum Gasteiger partial charge on any atom is -0.377 e. The first kappa shape index (κ1) is 14.1. The van der Waals surface area contributed by atoms with Crippen LogP contribution in [0.4, 0.5) is 0 Å². The molecule has 1 saturated heterocycles. The van der Waals surface area contributed by atoms with Gasteiger partial charge in [0.2, 0.25) is 5.91 Å². The first-order valence-corrected chi connectivity index (χ1v) is 6.76.